The number of rotatable bonds is 3. The van der Waals surface area contributed by atoms with Gasteiger partial charge in [0.05, 0.1) is 24.6 Å². The number of nitrogens with zero attached hydrogens (tertiary/aromatic N) is 2. The third-order valence-corrected chi connectivity index (χ3v) is 6.52. The van der Waals surface area contributed by atoms with Crippen molar-refractivity contribution in [3.8, 4) is 11.5 Å². The second kappa shape index (κ2) is 8.61. The molecular weight excluding hydrogens is 452 g/mol. The van der Waals surface area contributed by atoms with Gasteiger partial charge in [-0.3, -0.25) is 19.3 Å². The second-order valence-electron chi connectivity index (χ2n) is 9.04. The first-order chi connectivity index (χ1) is 16.8. The van der Waals surface area contributed by atoms with Gasteiger partial charge >= 0.3 is 6.03 Å². The van der Waals surface area contributed by atoms with E-state index in [0.29, 0.717) is 41.7 Å². The predicted octanol–water partition coefficient (Wildman–Crippen LogP) is 2.38. The van der Waals surface area contributed by atoms with Gasteiger partial charge in [0.2, 0.25) is 11.8 Å². The molecule has 1 fully saturated rings. The van der Waals surface area contributed by atoms with Crippen LogP contribution in [0.4, 0.5) is 16.2 Å². The van der Waals surface area contributed by atoms with Crippen LogP contribution in [0.15, 0.2) is 42.5 Å². The third-order valence-electron chi connectivity index (χ3n) is 6.52. The van der Waals surface area contributed by atoms with Crippen LogP contribution in [0.1, 0.15) is 32.3 Å². The van der Waals surface area contributed by atoms with Gasteiger partial charge in [-0.1, -0.05) is 18.2 Å². The van der Waals surface area contributed by atoms with Crippen LogP contribution < -0.4 is 25.0 Å². The van der Waals surface area contributed by atoms with Gasteiger partial charge in [0.15, 0.2) is 11.5 Å². The highest BCUT2D eigenvalue weighted by Gasteiger charge is 2.50. The van der Waals surface area contributed by atoms with E-state index in [1.807, 2.05) is 0 Å². The third kappa shape index (κ3) is 3.94. The molecule has 2 aromatic carbocycles. The fourth-order valence-corrected chi connectivity index (χ4v) is 4.69. The zero-order chi connectivity index (χ0) is 24.7. The molecule has 2 atom stereocenters. The highest BCUT2D eigenvalue weighted by Crippen LogP contribution is 2.37. The largest absolute Gasteiger partial charge is 0.490 e. The quantitative estimate of drug-likeness (QED) is 0.655. The summed E-state index contributed by atoms with van der Waals surface area (Å²) in [5, 5.41) is 5.53. The van der Waals surface area contributed by atoms with Crippen LogP contribution in [-0.4, -0.2) is 54.5 Å². The standard InChI is InChI=1S/C25H26N4O6/c1-15-12-21(30)26-17-6-3-4-7-18(17)29(15)22(31)14-28-23(32)25(2,27-24(28)33)16-8-9-19-20(13-16)35-11-5-10-34-19/h3-4,6-9,13,15H,5,10-12,14H2,1-2H3,(H,26,30)(H,27,33). The Balaban J connectivity index is 1.41. The minimum absolute atomic E-state index is 0.0927. The Morgan fingerprint density at radius 1 is 1.09 bits per heavy atom. The number of carbonyl (C=O) groups is 4. The average Bonchev–Trinajstić information content (AvgIpc) is 3.02. The molecule has 2 N–H and O–H groups in total. The summed E-state index contributed by atoms with van der Waals surface area (Å²) in [7, 11) is 0. The number of nitrogens with one attached hydrogen (secondary N) is 2. The first-order valence-corrected chi connectivity index (χ1v) is 11.5. The van der Waals surface area contributed by atoms with E-state index < -0.39 is 36.0 Å². The summed E-state index contributed by atoms with van der Waals surface area (Å²) in [6.45, 7) is 3.92. The lowest BCUT2D eigenvalue weighted by Crippen LogP contribution is -2.47. The van der Waals surface area contributed by atoms with Crippen LogP contribution in [0.2, 0.25) is 0 Å². The number of fused-ring (bicyclic) bond motifs is 2. The molecule has 5 rings (SSSR count). The fraction of sp³-hybridized carbons (Fsp3) is 0.360. The first-order valence-electron chi connectivity index (χ1n) is 11.5. The van der Waals surface area contributed by atoms with Crippen molar-refractivity contribution in [2.45, 2.75) is 38.3 Å². The highest BCUT2D eigenvalue weighted by atomic mass is 16.5. The average molecular weight is 479 g/mol. The molecule has 0 aliphatic carbocycles. The molecule has 182 valence electrons. The van der Waals surface area contributed by atoms with E-state index in [0.717, 1.165) is 11.3 Å². The van der Waals surface area contributed by atoms with E-state index in [9.17, 15) is 19.2 Å². The summed E-state index contributed by atoms with van der Waals surface area (Å²) < 4.78 is 11.4. The van der Waals surface area contributed by atoms with Gasteiger partial charge in [0.1, 0.15) is 12.1 Å². The van der Waals surface area contributed by atoms with Crippen LogP contribution >= 0.6 is 0 Å². The summed E-state index contributed by atoms with van der Waals surface area (Å²) >= 11 is 0. The molecular formula is C25H26N4O6. The molecule has 10 heteroatoms. The molecule has 3 aliphatic rings. The van der Waals surface area contributed by atoms with Gasteiger partial charge in [-0.15, -0.1) is 0 Å². The second-order valence-corrected chi connectivity index (χ2v) is 9.04. The van der Waals surface area contributed by atoms with Crippen LogP contribution in [-0.2, 0) is 19.9 Å². The van der Waals surface area contributed by atoms with E-state index in [2.05, 4.69) is 10.6 Å². The van der Waals surface area contributed by atoms with Crippen LogP contribution in [0.3, 0.4) is 0 Å². The van der Waals surface area contributed by atoms with Crippen molar-refractivity contribution in [1.82, 2.24) is 10.2 Å². The SMILES string of the molecule is CC1CC(=O)Nc2ccccc2N1C(=O)CN1C(=O)NC(C)(c2ccc3c(c2)OCCCO3)C1=O. The molecule has 0 bridgehead atoms. The number of benzene rings is 2. The summed E-state index contributed by atoms with van der Waals surface area (Å²) in [5.74, 6) is -0.138. The van der Waals surface area contributed by atoms with Crippen molar-refractivity contribution < 1.29 is 28.7 Å². The van der Waals surface area contributed by atoms with Crippen molar-refractivity contribution in [2.24, 2.45) is 0 Å². The van der Waals surface area contributed by atoms with Gasteiger partial charge in [-0.05, 0) is 43.7 Å². The maximum atomic E-state index is 13.5. The Bertz CT molecular complexity index is 1230. The Morgan fingerprint density at radius 2 is 1.83 bits per heavy atom. The molecule has 2 unspecified atom stereocenters. The molecule has 3 aliphatic heterocycles. The molecule has 2 aromatic rings. The molecule has 1 saturated heterocycles. The molecule has 0 radical (unpaired) electrons. The zero-order valence-corrected chi connectivity index (χ0v) is 19.5. The van der Waals surface area contributed by atoms with Crippen molar-refractivity contribution in [3.63, 3.8) is 0 Å². The molecule has 5 amide bonds. The Labute approximate surface area is 202 Å². The predicted molar refractivity (Wildman–Crippen MR) is 126 cm³/mol. The van der Waals surface area contributed by atoms with Crippen molar-refractivity contribution in [3.05, 3.63) is 48.0 Å². The Morgan fingerprint density at radius 3 is 2.63 bits per heavy atom. The van der Waals surface area contributed by atoms with Gasteiger partial charge in [-0.2, -0.15) is 0 Å². The van der Waals surface area contributed by atoms with Crippen molar-refractivity contribution in [2.75, 3.05) is 30.0 Å². The number of imide groups is 1. The number of ether oxygens (including phenoxy) is 2. The van der Waals surface area contributed by atoms with Crippen molar-refractivity contribution >= 4 is 35.1 Å². The highest BCUT2D eigenvalue weighted by molar-refractivity contribution is 6.12. The molecule has 0 saturated carbocycles. The van der Waals surface area contributed by atoms with Gasteiger partial charge in [0.25, 0.3) is 5.91 Å². The normalized spacial score (nSPS) is 23.7. The summed E-state index contributed by atoms with van der Waals surface area (Å²) in [4.78, 5) is 54.4. The summed E-state index contributed by atoms with van der Waals surface area (Å²) in [5.41, 5.74) is 0.179. The first kappa shape index (κ1) is 22.7. The zero-order valence-electron chi connectivity index (χ0n) is 19.5. The molecule has 10 nitrogen and oxygen atoms in total. The minimum atomic E-state index is -1.37. The lowest BCUT2D eigenvalue weighted by Gasteiger charge is -2.29. The smallest absolute Gasteiger partial charge is 0.325 e. The number of hydrogen-bond acceptors (Lipinski definition) is 6. The number of anilines is 2. The maximum Gasteiger partial charge on any atom is 0.325 e. The van der Waals surface area contributed by atoms with Crippen molar-refractivity contribution in [1.29, 1.82) is 0 Å². The monoisotopic (exact) mass is 478 g/mol. The number of amides is 5. The maximum absolute atomic E-state index is 13.5. The minimum Gasteiger partial charge on any atom is -0.490 e. The van der Waals surface area contributed by atoms with E-state index in [1.54, 1.807) is 56.3 Å². The van der Waals surface area contributed by atoms with Gasteiger partial charge in [-0.25, -0.2) is 4.79 Å². The van der Waals surface area contributed by atoms with E-state index in [1.165, 1.54) is 4.90 Å². The van der Waals surface area contributed by atoms with Gasteiger partial charge in [0, 0.05) is 18.9 Å². The Kier molecular flexibility index (Phi) is 5.58. The molecule has 3 heterocycles. The lowest BCUT2D eigenvalue weighted by atomic mass is 9.91. The summed E-state index contributed by atoms with van der Waals surface area (Å²) in [6.07, 6.45) is 0.835. The van der Waals surface area contributed by atoms with Gasteiger partial charge < -0.3 is 25.0 Å². The summed E-state index contributed by atoms with van der Waals surface area (Å²) in [6, 6.07) is 10.9. The molecule has 0 aromatic heterocycles. The topological polar surface area (TPSA) is 117 Å². The Hall–Kier alpha value is -4.08. The number of urea groups is 1. The lowest BCUT2D eigenvalue weighted by molar-refractivity contribution is -0.134. The number of hydrogen-bond donors (Lipinski definition) is 2. The van der Waals surface area contributed by atoms with Crippen LogP contribution in [0.25, 0.3) is 0 Å². The van der Waals surface area contributed by atoms with E-state index in [4.69, 9.17) is 9.47 Å². The molecule has 0 spiro atoms. The number of para-hydroxylation sites is 2. The van der Waals surface area contributed by atoms with E-state index >= 15 is 0 Å². The van der Waals surface area contributed by atoms with E-state index in [-0.39, 0.29) is 12.3 Å². The number of carbonyl (C=O) groups excluding carboxylic acids is 4. The van der Waals surface area contributed by atoms with Crippen LogP contribution in [0.5, 0.6) is 11.5 Å². The van der Waals surface area contributed by atoms with Crippen LogP contribution in [0, 0.1) is 0 Å². The molecule has 35 heavy (non-hydrogen) atoms. The fourth-order valence-electron chi connectivity index (χ4n) is 4.69.